The molecule has 0 aliphatic heterocycles. The fraction of sp³-hybridized carbons (Fsp3) is 0.172. The third-order valence-corrected chi connectivity index (χ3v) is 5.94. The smallest absolute Gasteiger partial charge is 0.402 e. The van der Waals surface area contributed by atoms with Gasteiger partial charge in [0.1, 0.15) is 28.4 Å². The highest BCUT2D eigenvalue weighted by Gasteiger charge is 2.53. The van der Waals surface area contributed by atoms with Gasteiger partial charge in [-0.1, -0.05) is 59.7 Å². The molecule has 0 aliphatic rings. The lowest BCUT2D eigenvalue weighted by atomic mass is 9.75. The zero-order chi connectivity index (χ0) is 24.3. The first-order valence-corrected chi connectivity index (χ1v) is 10.9. The van der Waals surface area contributed by atoms with Gasteiger partial charge in [0.25, 0.3) is 0 Å². The van der Waals surface area contributed by atoms with E-state index in [9.17, 15) is 13.2 Å². The third-order valence-electron chi connectivity index (χ3n) is 5.94. The highest BCUT2D eigenvalue weighted by molar-refractivity contribution is 5.45. The molecule has 0 aromatic heterocycles. The molecular weight excluding hydrogens is 437 g/mol. The molecular formula is C29H25F3O2. The molecule has 174 valence electrons. The van der Waals surface area contributed by atoms with Crippen LogP contribution in [0.15, 0.2) is 97.1 Å². The van der Waals surface area contributed by atoms with Crippen LogP contribution in [-0.2, 0) is 5.41 Å². The summed E-state index contributed by atoms with van der Waals surface area (Å²) < 4.78 is 54.7. The lowest BCUT2D eigenvalue weighted by Crippen LogP contribution is -2.40. The molecule has 0 saturated carbocycles. The minimum atomic E-state index is -4.51. The zero-order valence-corrected chi connectivity index (χ0v) is 19.2. The zero-order valence-electron chi connectivity index (χ0n) is 19.2. The number of hydrogen-bond donors (Lipinski definition) is 0. The molecule has 4 rings (SSSR count). The normalized spacial score (nSPS) is 11.8. The molecule has 0 fully saturated rings. The maximum absolute atomic E-state index is 14.4. The lowest BCUT2D eigenvalue weighted by Gasteiger charge is -2.33. The van der Waals surface area contributed by atoms with Crippen molar-refractivity contribution < 1.29 is 22.6 Å². The van der Waals surface area contributed by atoms with Crippen LogP contribution in [0.25, 0.3) is 0 Å². The average molecular weight is 463 g/mol. The second-order valence-corrected chi connectivity index (χ2v) is 8.50. The van der Waals surface area contributed by atoms with Gasteiger partial charge in [0.15, 0.2) is 0 Å². The fourth-order valence-electron chi connectivity index (χ4n) is 3.69. The van der Waals surface area contributed by atoms with E-state index in [1.807, 2.05) is 62.4 Å². The molecule has 0 saturated heterocycles. The molecule has 4 aromatic rings. The first-order valence-electron chi connectivity index (χ1n) is 10.9. The van der Waals surface area contributed by atoms with Crippen molar-refractivity contribution in [1.82, 2.24) is 0 Å². The molecule has 0 spiro atoms. The van der Waals surface area contributed by atoms with Crippen molar-refractivity contribution in [2.75, 3.05) is 0 Å². The van der Waals surface area contributed by atoms with Gasteiger partial charge in [-0.25, -0.2) is 0 Å². The maximum Gasteiger partial charge on any atom is 0.402 e. The molecule has 0 radical (unpaired) electrons. The van der Waals surface area contributed by atoms with Crippen molar-refractivity contribution >= 4 is 0 Å². The summed E-state index contributed by atoms with van der Waals surface area (Å²) in [4.78, 5) is 0. The lowest BCUT2D eigenvalue weighted by molar-refractivity contribution is -0.173. The number of benzene rings is 4. The average Bonchev–Trinajstić information content (AvgIpc) is 2.82. The van der Waals surface area contributed by atoms with Crippen LogP contribution < -0.4 is 9.47 Å². The highest BCUT2D eigenvalue weighted by Crippen LogP contribution is 2.47. The Labute approximate surface area is 197 Å². The summed E-state index contributed by atoms with van der Waals surface area (Å²) in [5.41, 5.74) is 0.252. The highest BCUT2D eigenvalue weighted by atomic mass is 19.4. The Bertz CT molecular complexity index is 1130. The van der Waals surface area contributed by atoms with E-state index >= 15 is 0 Å². The number of ether oxygens (including phenoxy) is 2. The van der Waals surface area contributed by atoms with E-state index in [1.165, 1.54) is 31.2 Å². The van der Waals surface area contributed by atoms with Crippen LogP contribution in [0, 0.1) is 13.8 Å². The summed E-state index contributed by atoms with van der Waals surface area (Å²) in [6.45, 7) is 5.13. The summed E-state index contributed by atoms with van der Waals surface area (Å²) in [5, 5.41) is 0. The molecule has 0 amide bonds. The van der Waals surface area contributed by atoms with Gasteiger partial charge in [-0.2, -0.15) is 13.2 Å². The quantitative estimate of drug-likeness (QED) is 0.285. The van der Waals surface area contributed by atoms with Crippen LogP contribution in [0.2, 0.25) is 0 Å². The van der Waals surface area contributed by atoms with Crippen LogP contribution in [0.4, 0.5) is 13.2 Å². The van der Waals surface area contributed by atoms with Gasteiger partial charge in [-0.15, -0.1) is 0 Å². The summed E-state index contributed by atoms with van der Waals surface area (Å²) in [7, 11) is 0. The van der Waals surface area contributed by atoms with E-state index in [0.717, 1.165) is 11.1 Å². The SMILES string of the molecule is Cc1ccc(Oc2ccc(C(C)(c3ccc(Oc4ccc(C)cc4)cc3)C(F)(F)F)cc2)cc1. The van der Waals surface area contributed by atoms with E-state index in [4.69, 9.17) is 9.47 Å². The summed E-state index contributed by atoms with van der Waals surface area (Å²) in [6, 6.07) is 27.1. The van der Waals surface area contributed by atoms with Crippen molar-refractivity contribution in [2.45, 2.75) is 32.4 Å². The van der Waals surface area contributed by atoms with Gasteiger partial charge in [-0.05, 0) is 80.4 Å². The summed E-state index contributed by atoms with van der Waals surface area (Å²) >= 11 is 0. The van der Waals surface area contributed by atoms with E-state index in [2.05, 4.69) is 0 Å². The predicted octanol–water partition coefficient (Wildman–Crippen LogP) is 8.76. The van der Waals surface area contributed by atoms with Crippen molar-refractivity contribution in [3.8, 4) is 23.0 Å². The Kier molecular flexibility index (Phi) is 6.38. The molecule has 0 atom stereocenters. The van der Waals surface area contributed by atoms with Crippen LogP contribution >= 0.6 is 0 Å². The Hall–Kier alpha value is -3.73. The van der Waals surface area contributed by atoms with Gasteiger partial charge in [-0.3, -0.25) is 0 Å². The number of halogens is 3. The monoisotopic (exact) mass is 462 g/mol. The van der Waals surface area contributed by atoms with E-state index in [0.29, 0.717) is 23.0 Å². The molecule has 4 aromatic carbocycles. The van der Waals surface area contributed by atoms with Crippen LogP contribution in [0.3, 0.4) is 0 Å². The minimum absolute atomic E-state index is 0.128. The van der Waals surface area contributed by atoms with Crippen molar-refractivity contribution in [3.63, 3.8) is 0 Å². The summed E-state index contributed by atoms with van der Waals surface area (Å²) in [5.74, 6) is 2.19. The van der Waals surface area contributed by atoms with Gasteiger partial charge >= 0.3 is 6.18 Å². The van der Waals surface area contributed by atoms with Crippen LogP contribution in [0.1, 0.15) is 29.2 Å². The number of alkyl halides is 3. The fourth-order valence-corrected chi connectivity index (χ4v) is 3.69. The molecule has 0 unspecified atom stereocenters. The van der Waals surface area contributed by atoms with E-state index in [-0.39, 0.29) is 11.1 Å². The standard InChI is InChI=1S/C29H25F3O2/c1-20-4-12-24(13-5-20)33-26-16-8-22(9-17-26)28(3,29(30,31)32)23-10-18-27(19-11-23)34-25-14-6-21(2)7-15-25/h4-19H,1-3H3. The van der Waals surface area contributed by atoms with E-state index < -0.39 is 11.6 Å². The predicted molar refractivity (Wildman–Crippen MR) is 128 cm³/mol. The molecule has 2 nitrogen and oxygen atoms in total. The molecule has 5 heteroatoms. The van der Waals surface area contributed by atoms with Crippen LogP contribution in [0.5, 0.6) is 23.0 Å². The van der Waals surface area contributed by atoms with Gasteiger partial charge in [0.2, 0.25) is 0 Å². The van der Waals surface area contributed by atoms with Crippen molar-refractivity contribution in [3.05, 3.63) is 119 Å². The second-order valence-electron chi connectivity index (χ2n) is 8.50. The Morgan fingerprint density at radius 2 is 0.735 bits per heavy atom. The Morgan fingerprint density at radius 3 is 1.00 bits per heavy atom. The first kappa shape index (κ1) is 23.4. The van der Waals surface area contributed by atoms with Gasteiger partial charge in [0.05, 0.1) is 0 Å². The van der Waals surface area contributed by atoms with Gasteiger partial charge in [0, 0.05) is 0 Å². The second kappa shape index (κ2) is 9.26. The molecule has 0 aliphatic carbocycles. The largest absolute Gasteiger partial charge is 0.457 e. The Morgan fingerprint density at radius 1 is 0.471 bits per heavy atom. The topological polar surface area (TPSA) is 18.5 Å². The van der Waals surface area contributed by atoms with Gasteiger partial charge < -0.3 is 9.47 Å². The molecule has 0 heterocycles. The van der Waals surface area contributed by atoms with E-state index in [1.54, 1.807) is 24.3 Å². The molecule has 0 bridgehead atoms. The first-order chi connectivity index (χ1) is 16.1. The summed E-state index contributed by atoms with van der Waals surface area (Å²) in [6.07, 6.45) is -4.51. The van der Waals surface area contributed by atoms with Crippen molar-refractivity contribution in [1.29, 1.82) is 0 Å². The number of aryl methyl sites for hydroxylation is 2. The molecule has 34 heavy (non-hydrogen) atoms. The van der Waals surface area contributed by atoms with Crippen LogP contribution in [-0.4, -0.2) is 6.18 Å². The minimum Gasteiger partial charge on any atom is -0.457 e. The van der Waals surface area contributed by atoms with Crippen molar-refractivity contribution in [2.24, 2.45) is 0 Å². The molecule has 0 N–H and O–H groups in total. The Balaban J connectivity index is 1.58. The third kappa shape index (κ3) is 4.93. The maximum atomic E-state index is 14.4. The number of rotatable bonds is 6. The number of hydrogen-bond acceptors (Lipinski definition) is 2.